The summed E-state index contributed by atoms with van der Waals surface area (Å²) in [5, 5.41) is 0.384. The topological polar surface area (TPSA) is 116 Å². The van der Waals surface area contributed by atoms with Gasteiger partial charge in [0.05, 0.1) is 12.0 Å². The zero-order valence-corrected chi connectivity index (χ0v) is 16.6. The number of carbonyl (C=O) groups excluding carboxylic acids is 4. The highest BCUT2D eigenvalue weighted by Crippen LogP contribution is 2.30. The molecular weight excluding hydrogens is 412 g/mol. The summed E-state index contributed by atoms with van der Waals surface area (Å²) in [6.07, 6.45) is -1.42. The Bertz CT molecular complexity index is 979. The number of Topliss-reactive ketones (excluding diaryl/α,β-unsaturated/α-hetero) is 1. The van der Waals surface area contributed by atoms with Crippen molar-refractivity contribution < 1.29 is 28.7 Å². The molecule has 1 aliphatic rings. The van der Waals surface area contributed by atoms with Crippen LogP contribution in [0.4, 0.5) is 5.69 Å². The standard InChI is InChI=1S/C21H19ClN2O6/c22-13-6-7-17-15(10-13)16(25)11-18(30-17)21(28)29-12-20(27)24(9-8-19(23)26)14-4-2-1-3-5-14/h1-7,10,18H,8-9,11-12H2,(H2,23,26). The Morgan fingerprint density at radius 2 is 1.90 bits per heavy atom. The Kier molecular flexibility index (Phi) is 6.68. The highest BCUT2D eigenvalue weighted by Gasteiger charge is 2.33. The van der Waals surface area contributed by atoms with Crippen molar-refractivity contribution in [3.05, 3.63) is 59.1 Å². The molecule has 0 saturated heterocycles. The molecule has 1 unspecified atom stereocenters. The lowest BCUT2D eigenvalue weighted by Gasteiger charge is -2.25. The van der Waals surface area contributed by atoms with Gasteiger partial charge in [-0.2, -0.15) is 0 Å². The molecule has 2 amide bonds. The van der Waals surface area contributed by atoms with Crippen molar-refractivity contribution in [2.24, 2.45) is 5.73 Å². The number of rotatable bonds is 7. The van der Waals surface area contributed by atoms with Gasteiger partial charge in [-0.1, -0.05) is 29.8 Å². The summed E-state index contributed by atoms with van der Waals surface area (Å²) in [6, 6.07) is 13.1. The minimum atomic E-state index is -1.16. The Labute approximate surface area is 177 Å². The molecule has 30 heavy (non-hydrogen) atoms. The fourth-order valence-corrected chi connectivity index (χ4v) is 3.13. The number of esters is 1. The van der Waals surface area contributed by atoms with E-state index in [2.05, 4.69) is 0 Å². The molecular formula is C21H19ClN2O6. The van der Waals surface area contributed by atoms with E-state index in [-0.39, 0.29) is 30.9 Å². The van der Waals surface area contributed by atoms with Gasteiger partial charge in [0.25, 0.3) is 5.91 Å². The van der Waals surface area contributed by atoms with Crippen LogP contribution in [0.5, 0.6) is 5.75 Å². The van der Waals surface area contributed by atoms with E-state index in [0.717, 1.165) is 0 Å². The van der Waals surface area contributed by atoms with Gasteiger partial charge in [-0.15, -0.1) is 0 Å². The second-order valence-corrected chi connectivity index (χ2v) is 7.02. The predicted molar refractivity (Wildman–Crippen MR) is 108 cm³/mol. The summed E-state index contributed by atoms with van der Waals surface area (Å²) in [5.41, 5.74) is 6.01. The third-order valence-electron chi connectivity index (χ3n) is 4.43. The van der Waals surface area contributed by atoms with E-state index in [1.807, 2.05) is 0 Å². The minimum Gasteiger partial charge on any atom is -0.477 e. The summed E-state index contributed by atoms with van der Waals surface area (Å²) in [7, 11) is 0. The van der Waals surface area contributed by atoms with Crippen LogP contribution in [-0.4, -0.2) is 42.8 Å². The third kappa shape index (κ3) is 5.15. The van der Waals surface area contributed by atoms with Crippen molar-refractivity contribution in [3.63, 3.8) is 0 Å². The highest BCUT2D eigenvalue weighted by molar-refractivity contribution is 6.31. The Morgan fingerprint density at radius 1 is 1.17 bits per heavy atom. The molecule has 0 radical (unpaired) electrons. The number of amides is 2. The number of ketones is 1. The van der Waals surface area contributed by atoms with Crippen LogP contribution < -0.4 is 15.4 Å². The normalized spacial score (nSPS) is 15.0. The number of halogens is 1. The number of anilines is 1. The summed E-state index contributed by atoms with van der Waals surface area (Å²) in [6.45, 7) is -0.531. The molecule has 0 saturated carbocycles. The first-order valence-electron chi connectivity index (χ1n) is 9.15. The second kappa shape index (κ2) is 9.41. The number of nitrogens with zero attached hydrogens (tertiary/aromatic N) is 1. The highest BCUT2D eigenvalue weighted by atomic mass is 35.5. The van der Waals surface area contributed by atoms with Crippen LogP contribution in [0.1, 0.15) is 23.2 Å². The Hall–Kier alpha value is -3.39. The molecule has 1 atom stereocenters. The first kappa shape index (κ1) is 21.3. The van der Waals surface area contributed by atoms with E-state index < -0.39 is 30.5 Å². The summed E-state index contributed by atoms with van der Waals surface area (Å²) in [5.74, 6) is -2.00. The predicted octanol–water partition coefficient (Wildman–Crippen LogP) is 2.13. The SMILES string of the molecule is NC(=O)CCN(C(=O)COC(=O)C1CC(=O)c2cc(Cl)ccc2O1)c1ccccc1. The average Bonchev–Trinajstić information content (AvgIpc) is 2.73. The maximum atomic E-state index is 12.6. The number of hydrogen-bond acceptors (Lipinski definition) is 6. The minimum absolute atomic E-state index is 0.0439. The summed E-state index contributed by atoms with van der Waals surface area (Å²) < 4.78 is 10.6. The van der Waals surface area contributed by atoms with Gasteiger partial charge in [-0.25, -0.2) is 4.79 Å². The van der Waals surface area contributed by atoms with Crippen LogP contribution in [0.2, 0.25) is 5.02 Å². The van der Waals surface area contributed by atoms with Gasteiger partial charge in [0, 0.05) is 23.7 Å². The first-order valence-corrected chi connectivity index (χ1v) is 9.52. The number of carbonyl (C=O) groups is 4. The largest absolute Gasteiger partial charge is 0.477 e. The van der Waals surface area contributed by atoms with Gasteiger partial charge in [0.1, 0.15) is 5.75 Å². The molecule has 2 aromatic rings. The molecule has 8 nitrogen and oxygen atoms in total. The second-order valence-electron chi connectivity index (χ2n) is 6.58. The van der Waals surface area contributed by atoms with Gasteiger partial charge in [0.2, 0.25) is 12.0 Å². The Balaban J connectivity index is 1.64. The maximum Gasteiger partial charge on any atom is 0.348 e. The molecule has 2 N–H and O–H groups in total. The van der Waals surface area contributed by atoms with Crippen molar-refractivity contribution in [2.75, 3.05) is 18.1 Å². The average molecular weight is 431 g/mol. The van der Waals surface area contributed by atoms with Crippen molar-refractivity contribution in [1.82, 2.24) is 0 Å². The molecule has 0 spiro atoms. The van der Waals surface area contributed by atoms with Crippen LogP contribution in [-0.2, 0) is 19.1 Å². The molecule has 2 aromatic carbocycles. The molecule has 1 heterocycles. The van der Waals surface area contributed by atoms with Crippen LogP contribution in [0.3, 0.4) is 0 Å². The lowest BCUT2D eigenvalue weighted by Crippen LogP contribution is -2.40. The van der Waals surface area contributed by atoms with Crippen molar-refractivity contribution in [1.29, 1.82) is 0 Å². The molecule has 0 bridgehead atoms. The van der Waals surface area contributed by atoms with Gasteiger partial charge < -0.3 is 20.1 Å². The molecule has 1 aliphatic heterocycles. The third-order valence-corrected chi connectivity index (χ3v) is 4.67. The first-order chi connectivity index (χ1) is 14.3. The maximum absolute atomic E-state index is 12.6. The fourth-order valence-electron chi connectivity index (χ4n) is 2.96. The number of fused-ring (bicyclic) bond motifs is 1. The summed E-state index contributed by atoms with van der Waals surface area (Å²) >= 11 is 5.88. The van der Waals surface area contributed by atoms with E-state index in [1.54, 1.807) is 36.4 Å². The van der Waals surface area contributed by atoms with Gasteiger partial charge in [0.15, 0.2) is 12.4 Å². The fraction of sp³-hybridized carbons (Fsp3) is 0.238. The van der Waals surface area contributed by atoms with Crippen LogP contribution in [0.25, 0.3) is 0 Å². The van der Waals surface area contributed by atoms with E-state index in [4.69, 9.17) is 26.8 Å². The number of primary amides is 1. The number of benzene rings is 2. The van der Waals surface area contributed by atoms with E-state index in [1.165, 1.54) is 17.0 Å². The van der Waals surface area contributed by atoms with Crippen molar-refractivity contribution in [2.45, 2.75) is 18.9 Å². The van der Waals surface area contributed by atoms with Gasteiger partial charge in [-0.3, -0.25) is 14.4 Å². The number of ether oxygens (including phenoxy) is 2. The smallest absolute Gasteiger partial charge is 0.348 e. The van der Waals surface area contributed by atoms with Crippen LogP contribution in [0.15, 0.2) is 48.5 Å². The lowest BCUT2D eigenvalue weighted by molar-refractivity contribution is -0.155. The van der Waals surface area contributed by atoms with E-state index >= 15 is 0 Å². The molecule has 3 rings (SSSR count). The quantitative estimate of drug-likeness (QED) is 0.672. The van der Waals surface area contributed by atoms with Gasteiger partial charge in [-0.05, 0) is 30.3 Å². The monoisotopic (exact) mass is 430 g/mol. The molecule has 0 aliphatic carbocycles. The van der Waals surface area contributed by atoms with Gasteiger partial charge >= 0.3 is 5.97 Å². The summed E-state index contributed by atoms with van der Waals surface area (Å²) in [4.78, 5) is 49.7. The van der Waals surface area contributed by atoms with Crippen molar-refractivity contribution in [3.8, 4) is 5.75 Å². The number of hydrogen-bond donors (Lipinski definition) is 1. The van der Waals surface area contributed by atoms with Crippen molar-refractivity contribution >= 4 is 40.9 Å². The molecule has 156 valence electrons. The lowest BCUT2D eigenvalue weighted by atomic mass is 10.0. The van der Waals surface area contributed by atoms with Crippen LogP contribution >= 0.6 is 11.6 Å². The number of para-hydroxylation sites is 1. The zero-order valence-electron chi connectivity index (χ0n) is 15.9. The number of nitrogens with two attached hydrogens (primary N) is 1. The van der Waals surface area contributed by atoms with Crippen LogP contribution in [0, 0.1) is 0 Å². The molecule has 0 fully saturated rings. The zero-order chi connectivity index (χ0) is 21.7. The molecule has 0 aromatic heterocycles. The Morgan fingerprint density at radius 3 is 2.60 bits per heavy atom. The van der Waals surface area contributed by atoms with E-state index in [0.29, 0.717) is 16.3 Å². The van der Waals surface area contributed by atoms with E-state index in [9.17, 15) is 19.2 Å². The molecule has 9 heteroatoms.